The fourth-order valence-electron chi connectivity index (χ4n) is 2.22. The summed E-state index contributed by atoms with van der Waals surface area (Å²) in [4.78, 5) is 0. The van der Waals surface area contributed by atoms with E-state index in [-0.39, 0.29) is 0 Å². The Bertz CT molecular complexity index is 206. The summed E-state index contributed by atoms with van der Waals surface area (Å²) < 4.78 is 11.4. The molecule has 0 heterocycles. The van der Waals surface area contributed by atoms with Gasteiger partial charge in [-0.05, 0) is 43.4 Å². The molecule has 0 aromatic rings. The summed E-state index contributed by atoms with van der Waals surface area (Å²) in [5.41, 5.74) is 0.429. The molecule has 0 aliphatic heterocycles. The smallest absolute Gasteiger partial charge is 0.0569 e. The van der Waals surface area contributed by atoms with Gasteiger partial charge < -0.3 is 9.47 Å². The maximum atomic E-state index is 5.72. The fraction of sp³-hybridized carbons (Fsp3) is 1.00. The highest BCUT2D eigenvalue weighted by atomic mass is 16.5. The van der Waals surface area contributed by atoms with E-state index < -0.39 is 0 Å². The van der Waals surface area contributed by atoms with Crippen molar-refractivity contribution in [2.24, 2.45) is 17.3 Å². The molecule has 0 N–H and O–H groups in total. The zero-order valence-electron chi connectivity index (χ0n) is 14.3. The second-order valence-corrected chi connectivity index (χ2v) is 7.60. The first-order chi connectivity index (χ1) is 8.70. The van der Waals surface area contributed by atoms with E-state index in [1.54, 1.807) is 0 Å². The monoisotopic (exact) mass is 272 g/mol. The lowest BCUT2D eigenvalue weighted by atomic mass is 9.84. The van der Waals surface area contributed by atoms with Gasteiger partial charge in [-0.3, -0.25) is 0 Å². The quantitative estimate of drug-likeness (QED) is 0.526. The molecule has 0 saturated carbocycles. The summed E-state index contributed by atoms with van der Waals surface area (Å²) in [7, 11) is 0. The zero-order chi connectivity index (χ0) is 14.9. The molecule has 0 amide bonds. The lowest BCUT2D eigenvalue weighted by molar-refractivity contribution is 0.0172. The molecule has 2 atom stereocenters. The molecule has 2 heteroatoms. The molecule has 2 nitrogen and oxygen atoms in total. The topological polar surface area (TPSA) is 18.5 Å². The van der Waals surface area contributed by atoms with Gasteiger partial charge in [0, 0.05) is 19.8 Å². The molecule has 0 aromatic heterocycles. The molecule has 0 spiro atoms. The minimum absolute atomic E-state index is 0.314. The Balaban J connectivity index is 3.44. The highest BCUT2D eigenvalue weighted by Gasteiger charge is 2.14. The van der Waals surface area contributed by atoms with E-state index in [1.807, 2.05) is 0 Å². The number of ether oxygens (including phenoxy) is 2. The van der Waals surface area contributed by atoms with Crippen molar-refractivity contribution in [3.63, 3.8) is 0 Å². The third kappa shape index (κ3) is 14.1. The van der Waals surface area contributed by atoms with Crippen molar-refractivity contribution in [1.29, 1.82) is 0 Å². The van der Waals surface area contributed by atoms with Crippen LogP contribution in [0.1, 0.15) is 67.7 Å². The van der Waals surface area contributed by atoms with Crippen molar-refractivity contribution in [3.8, 4) is 0 Å². The van der Waals surface area contributed by atoms with Crippen LogP contribution in [0.15, 0.2) is 0 Å². The van der Waals surface area contributed by atoms with Crippen molar-refractivity contribution >= 4 is 0 Å². The van der Waals surface area contributed by atoms with Crippen LogP contribution in [0.2, 0.25) is 0 Å². The Labute approximate surface area is 121 Å². The van der Waals surface area contributed by atoms with Crippen LogP contribution in [-0.2, 0) is 9.47 Å². The van der Waals surface area contributed by atoms with Crippen molar-refractivity contribution in [1.82, 2.24) is 0 Å². The molecule has 0 fully saturated rings. The van der Waals surface area contributed by atoms with Crippen LogP contribution in [0.3, 0.4) is 0 Å². The van der Waals surface area contributed by atoms with E-state index >= 15 is 0 Å². The van der Waals surface area contributed by atoms with Crippen LogP contribution < -0.4 is 0 Å². The lowest BCUT2D eigenvalue weighted by Gasteiger charge is -2.23. The maximum absolute atomic E-state index is 5.72. The molecule has 116 valence electrons. The first-order valence-corrected chi connectivity index (χ1v) is 7.90. The van der Waals surface area contributed by atoms with E-state index in [9.17, 15) is 0 Å². The Morgan fingerprint density at radius 1 is 0.895 bits per heavy atom. The largest absolute Gasteiger partial charge is 0.381 e. The van der Waals surface area contributed by atoms with E-state index in [2.05, 4.69) is 48.5 Å². The molecule has 0 rings (SSSR count). The van der Waals surface area contributed by atoms with Gasteiger partial charge in [0.15, 0.2) is 0 Å². The Hall–Kier alpha value is -0.0800. The molecule has 0 aliphatic rings. The first kappa shape index (κ1) is 18.9. The molecule has 0 radical (unpaired) electrons. The highest BCUT2D eigenvalue weighted by molar-refractivity contribution is 4.66. The number of hydrogen-bond acceptors (Lipinski definition) is 2. The van der Waals surface area contributed by atoms with Gasteiger partial charge >= 0.3 is 0 Å². The predicted molar refractivity (Wildman–Crippen MR) is 83.5 cm³/mol. The van der Waals surface area contributed by atoms with E-state index in [4.69, 9.17) is 9.47 Å². The Morgan fingerprint density at radius 3 is 2.00 bits per heavy atom. The molecule has 0 saturated heterocycles. The summed E-state index contributed by atoms with van der Waals surface area (Å²) in [5, 5.41) is 0. The normalized spacial score (nSPS) is 15.8. The van der Waals surface area contributed by atoms with E-state index in [0.29, 0.717) is 17.4 Å². The molecule has 0 aliphatic carbocycles. The van der Waals surface area contributed by atoms with Crippen LogP contribution in [0.5, 0.6) is 0 Å². The average Bonchev–Trinajstić information content (AvgIpc) is 2.23. The summed E-state index contributed by atoms with van der Waals surface area (Å²) in [5.74, 6) is 1.36. The van der Waals surface area contributed by atoms with Crippen LogP contribution in [-0.4, -0.2) is 25.9 Å². The highest BCUT2D eigenvalue weighted by Crippen LogP contribution is 2.25. The number of hydrogen-bond donors (Lipinski definition) is 0. The van der Waals surface area contributed by atoms with Gasteiger partial charge in [-0.2, -0.15) is 0 Å². The van der Waals surface area contributed by atoms with E-state index in [1.165, 1.54) is 12.8 Å². The fourth-order valence-corrected chi connectivity index (χ4v) is 2.22. The minimum atomic E-state index is 0.314. The van der Waals surface area contributed by atoms with Gasteiger partial charge in [0.05, 0.1) is 6.10 Å². The first-order valence-electron chi connectivity index (χ1n) is 7.90. The van der Waals surface area contributed by atoms with Gasteiger partial charge in [-0.15, -0.1) is 0 Å². The van der Waals surface area contributed by atoms with E-state index in [0.717, 1.165) is 32.2 Å². The lowest BCUT2D eigenvalue weighted by Crippen LogP contribution is -2.16. The van der Waals surface area contributed by atoms with Gasteiger partial charge in [0.25, 0.3) is 0 Å². The summed E-state index contributed by atoms with van der Waals surface area (Å²) >= 11 is 0. The standard InChI is InChI=1S/C17H36O2/c1-14(2)13-19-16(4)9-11-18-10-8-15(3)12-17(5,6)7/h14-16H,8-13H2,1-7H3. The molecular formula is C17H36O2. The van der Waals surface area contributed by atoms with Crippen LogP contribution in [0.4, 0.5) is 0 Å². The van der Waals surface area contributed by atoms with Crippen LogP contribution in [0.25, 0.3) is 0 Å². The van der Waals surface area contributed by atoms with Crippen molar-refractivity contribution in [2.75, 3.05) is 19.8 Å². The third-order valence-electron chi connectivity index (χ3n) is 3.10. The average molecular weight is 272 g/mol. The molecular weight excluding hydrogens is 236 g/mol. The molecule has 19 heavy (non-hydrogen) atoms. The summed E-state index contributed by atoms with van der Waals surface area (Å²) in [6, 6.07) is 0. The maximum Gasteiger partial charge on any atom is 0.0569 e. The number of rotatable bonds is 10. The second-order valence-electron chi connectivity index (χ2n) is 7.60. The van der Waals surface area contributed by atoms with Gasteiger partial charge in [0.2, 0.25) is 0 Å². The van der Waals surface area contributed by atoms with Crippen LogP contribution in [0, 0.1) is 17.3 Å². The minimum Gasteiger partial charge on any atom is -0.381 e. The van der Waals surface area contributed by atoms with Crippen molar-refractivity contribution in [3.05, 3.63) is 0 Å². The SMILES string of the molecule is CC(C)COC(C)CCOCCC(C)CC(C)(C)C. The summed E-state index contributed by atoms with van der Waals surface area (Å²) in [6.07, 6.45) is 3.75. The van der Waals surface area contributed by atoms with Gasteiger partial charge in [-0.25, -0.2) is 0 Å². The third-order valence-corrected chi connectivity index (χ3v) is 3.10. The zero-order valence-corrected chi connectivity index (χ0v) is 14.3. The van der Waals surface area contributed by atoms with Crippen molar-refractivity contribution in [2.45, 2.75) is 73.8 Å². The Morgan fingerprint density at radius 2 is 1.47 bits per heavy atom. The van der Waals surface area contributed by atoms with Gasteiger partial charge in [0.1, 0.15) is 0 Å². The predicted octanol–water partition coefficient (Wildman–Crippen LogP) is 4.92. The Kier molecular flexibility index (Phi) is 9.72. The molecule has 0 bridgehead atoms. The molecule has 0 aromatic carbocycles. The summed E-state index contributed by atoms with van der Waals surface area (Å²) in [6.45, 7) is 18.3. The van der Waals surface area contributed by atoms with Crippen molar-refractivity contribution < 1.29 is 9.47 Å². The second kappa shape index (κ2) is 9.77. The van der Waals surface area contributed by atoms with Crippen LogP contribution >= 0.6 is 0 Å². The molecule has 2 unspecified atom stereocenters. The van der Waals surface area contributed by atoms with Gasteiger partial charge in [-0.1, -0.05) is 41.5 Å².